The third-order valence-electron chi connectivity index (χ3n) is 7.39. The molecule has 1 unspecified atom stereocenters. The lowest BCUT2D eigenvalue weighted by Crippen LogP contribution is -2.41. The van der Waals surface area contributed by atoms with Crippen molar-refractivity contribution in [3.05, 3.63) is 88.9 Å². The van der Waals surface area contributed by atoms with E-state index in [1.165, 1.54) is 0 Å². The second-order valence-electron chi connectivity index (χ2n) is 11.4. The van der Waals surface area contributed by atoms with Crippen molar-refractivity contribution in [3.8, 4) is 5.75 Å². The fourth-order valence-electron chi connectivity index (χ4n) is 4.06. The molecule has 39 heavy (non-hydrogen) atoms. The number of benzene rings is 3. The highest BCUT2D eigenvalue weighted by Crippen LogP contribution is 2.44. The molecule has 9 heteroatoms. The Morgan fingerprint density at radius 2 is 1.67 bits per heavy atom. The molecule has 0 aliphatic carbocycles. The van der Waals surface area contributed by atoms with Crippen LogP contribution in [0.25, 0.3) is 0 Å². The number of fused-ring (bicyclic) bond motifs is 1. The zero-order valence-electron chi connectivity index (χ0n) is 23.4. The van der Waals surface area contributed by atoms with Crippen LogP contribution in [0.1, 0.15) is 51.0 Å². The van der Waals surface area contributed by atoms with Crippen molar-refractivity contribution in [2.24, 2.45) is 4.40 Å². The average Bonchev–Trinajstić information content (AvgIpc) is 3.25. The van der Waals surface area contributed by atoms with Crippen LogP contribution in [-0.2, 0) is 14.4 Å². The maximum absolute atomic E-state index is 13.5. The first-order valence-electron chi connectivity index (χ1n) is 13.1. The summed E-state index contributed by atoms with van der Waals surface area (Å²) in [5.74, 6) is 1.06. The Balaban J connectivity index is 1.73. The van der Waals surface area contributed by atoms with Crippen LogP contribution in [0.2, 0.25) is 23.2 Å². The summed E-state index contributed by atoms with van der Waals surface area (Å²) in [5.41, 5.74) is 2.58. The van der Waals surface area contributed by atoms with Crippen LogP contribution in [-0.4, -0.2) is 29.2 Å². The lowest BCUT2D eigenvalue weighted by Gasteiger charge is -2.36. The van der Waals surface area contributed by atoms with Gasteiger partial charge in [0.05, 0.1) is 10.6 Å². The molecular formula is C30H37ClN2O4SSi. The largest absolute Gasteiger partial charge is 0.464 e. The van der Waals surface area contributed by atoms with Gasteiger partial charge in [0.25, 0.3) is 10.0 Å². The summed E-state index contributed by atoms with van der Waals surface area (Å²) in [5, 5.41) is 0.694. The first kappa shape index (κ1) is 29.3. The molecule has 1 aliphatic rings. The molecule has 0 fully saturated rings. The molecule has 0 N–H and O–H groups in total. The van der Waals surface area contributed by atoms with E-state index in [4.69, 9.17) is 20.8 Å². The average molecular weight is 585 g/mol. The molecule has 208 valence electrons. The molecule has 1 aliphatic heterocycles. The Morgan fingerprint density at radius 3 is 2.31 bits per heavy atom. The Morgan fingerprint density at radius 1 is 1.03 bits per heavy atom. The van der Waals surface area contributed by atoms with Gasteiger partial charge in [-0.2, -0.15) is 8.42 Å². The van der Waals surface area contributed by atoms with E-state index in [9.17, 15) is 8.42 Å². The Bertz CT molecular complexity index is 1430. The minimum Gasteiger partial charge on any atom is -0.464 e. The van der Waals surface area contributed by atoms with Crippen LogP contribution in [0.3, 0.4) is 0 Å². The number of sulfonamides is 1. The van der Waals surface area contributed by atoms with Gasteiger partial charge in [-0.1, -0.05) is 74.3 Å². The zero-order chi connectivity index (χ0) is 28.4. The van der Waals surface area contributed by atoms with Gasteiger partial charge in [-0.3, -0.25) is 4.90 Å². The molecule has 0 amide bonds. The van der Waals surface area contributed by atoms with Gasteiger partial charge >= 0.3 is 0 Å². The smallest absolute Gasteiger partial charge is 0.283 e. The minimum absolute atomic E-state index is 0.0834. The van der Waals surface area contributed by atoms with E-state index in [2.05, 4.69) is 38.3 Å². The van der Waals surface area contributed by atoms with Gasteiger partial charge in [0.15, 0.2) is 8.32 Å². The SMILES string of the molecule is Cc1ccc(S(=O)(=O)/N=C(/CCCO[Si](C)(C)C(C)(C)C)N2c3ccccc3OC2c2ccc(Cl)cc2)cc1. The molecule has 6 nitrogen and oxygen atoms in total. The summed E-state index contributed by atoms with van der Waals surface area (Å²) in [6.07, 6.45) is 0.412. The number of aryl methyl sites for hydroxylation is 1. The molecule has 0 spiro atoms. The van der Waals surface area contributed by atoms with Crippen LogP contribution < -0.4 is 9.64 Å². The lowest BCUT2D eigenvalue weighted by atomic mass is 10.1. The molecule has 0 radical (unpaired) electrons. The third-order valence-corrected chi connectivity index (χ3v) is 13.5. The van der Waals surface area contributed by atoms with Crippen molar-refractivity contribution >= 4 is 41.5 Å². The van der Waals surface area contributed by atoms with Gasteiger partial charge in [-0.15, -0.1) is 4.40 Å². The summed E-state index contributed by atoms with van der Waals surface area (Å²) in [6.45, 7) is 13.5. The van der Waals surface area contributed by atoms with E-state index in [1.807, 2.05) is 48.2 Å². The summed E-state index contributed by atoms with van der Waals surface area (Å²) < 4.78 is 44.3. The molecule has 0 aromatic heterocycles. The summed E-state index contributed by atoms with van der Waals surface area (Å²) in [4.78, 5) is 2.04. The first-order valence-corrected chi connectivity index (χ1v) is 17.9. The van der Waals surface area contributed by atoms with Crippen molar-refractivity contribution < 1.29 is 17.6 Å². The summed E-state index contributed by atoms with van der Waals surface area (Å²) in [7, 11) is -5.93. The van der Waals surface area contributed by atoms with Crippen molar-refractivity contribution in [2.45, 2.75) is 69.8 Å². The number of hydrogen-bond acceptors (Lipinski definition) is 4. The lowest BCUT2D eigenvalue weighted by molar-refractivity contribution is 0.242. The Labute approximate surface area is 238 Å². The number of rotatable bonds is 8. The number of halogens is 1. The van der Waals surface area contributed by atoms with Crippen molar-refractivity contribution in [1.29, 1.82) is 0 Å². The van der Waals surface area contributed by atoms with Crippen molar-refractivity contribution in [3.63, 3.8) is 0 Å². The quantitative estimate of drug-likeness (QED) is 0.116. The number of ether oxygens (including phenoxy) is 1. The van der Waals surface area contributed by atoms with Gasteiger partial charge < -0.3 is 9.16 Å². The van der Waals surface area contributed by atoms with Crippen LogP contribution in [0.15, 0.2) is 82.1 Å². The molecular weight excluding hydrogens is 548 g/mol. The highest BCUT2D eigenvalue weighted by Gasteiger charge is 2.38. The topological polar surface area (TPSA) is 68.2 Å². The zero-order valence-corrected chi connectivity index (χ0v) is 26.0. The monoisotopic (exact) mass is 584 g/mol. The fraction of sp³-hybridized carbons (Fsp3) is 0.367. The third kappa shape index (κ3) is 6.74. The number of para-hydroxylation sites is 2. The molecule has 0 saturated carbocycles. The highest BCUT2D eigenvalue weighted by atomic mass is 35.5. The van der Waals surface area contributed by atoms with Gasteiger partial charge in [0, 0.05) is 23.6 Å². The minimum atomic E-state index is -3.98. The Kier molecular flexibility index (Phi) is 8.61. The molecule has 1 atom stereocenters. The predicted octanol–water partition coefficient (Wildman–Crippen LogP) is 8.14. The molecule has 3 aromatic rings. The molecule has 0 saturated heterocycles. The van der Waals surface area contributed by atoms with Crippen molar-refractivity contribution in [2.75, 3.05) is 11.5 Å². The summed E-state index contributed by atoms with van der Waals surface area (Å²) >= 11 is 6.16. The van der Waals surface area contributed by atoms with E-state index >= 15 is 0 Å². The van der Waals surface area contributed by atoms with E-state index in [0.717, 1.165) is 16.8 Å². The number of hydrogen-bond donors (Lipinski definition) is 0. The standard InChI is InChI=1S/C30H37ClN2O4SSi/c1-22-13-19-25(20-14-22)38(34,35)32-28(12-9-21-36-39(5,6)30(2,3)4)33-26-10-7-8-11-27(26)37-29(33)23-15-17-24(31)18-16-23/h7-8,10-11,13-20,29H,9,12,21H2,1-6H3/b32-28-. The van der Waals surface area contributed by atoms with Crippen LogP contribution in [0.4, 0.5) is 5.69 Å². The second kappa shape index (κ2) is 11.5. The summed E-state index contributed by atoms with van der Waals surface area (Å²) in [6, 6.07) is 21.7. The first-order chi connectivity index (χ1) is 18.3. The second-order valence-corrected chi connectivity index (χ2v) is 18.2. The van der Waals surface area contributed by atoms with Crippen molar-refractivity contribution in [1.82, 2.24) is 0 Å². The Hall–Kier alpha value is -2.65. The van der Waals surface area contributed by atoms with Crippen LogP contribution in [0.5, 0.6) is 5.75 Å². The maximum atomic E-state index is 13.5. The number of amidine groups is 1. The fourth-order valence-corrected chi connectivity index (χ4v) is 6.32. The maximum Gasteiger partial charge on any atom is 0.283 e. The highest BCUT2D eigenvalue weighted by molar-refractivity contribution is 7.90. The molecule has 3 aromatic carbocycles. The van der Waals surface area contributed by atoms with E-state index in [1.54, 1.807) is 36.4 Å². The predicted molar refractivity (Wildman–Crippen MR) is 162 cm³/mol. The van der Waals surface area contributed by atoms with Gasteiger partial charge in [-0.25, -0.2) is 0 Å². The van der Waals surface area contributed by atoms with Gasteiger partial charge in [0.2, 0.25) is 6.23 Å². The van der Waals surface area contributed by atoms with Gasteiger partial charge in [-0.05, 0) is 67.9 Å². The van der Waals surface area contributed by atoms with E-state index in [0.29, 0.717) is 36.1 Å². The van der Waals surface area contributed by atoms with E-state index < -0.39 is 24.6 Å². The van der Waals surface area contributed by atoms with Crippen LogP contribution >= 0.6 is 11.6 Å². The molecule has 0 bridgehead atoms. The normalized spacial score (nSPS) is 16.2. The van der Waals surface area contributed by atoms with Crippen LogP contribution in [0, 0.1) is 6.92 Å². The number of nitrogens with zero attached hydrogens (tertiary/aromatic N) is 2. The number of anilines is 1. The molecule has 4 rings (SSSR count). The van der Waals surface area contributed by atoms with E-state index in [-0.39, 0.29) is 9.93 Å². The van der Waals surface area contributed by atoms with Gasteiger partial charge in [0.1, 0.15) is 11.6 Å². The molecule has 1 heterocycles.